The highest BCUT2D eigenvalue weighted by atomic mass is 16.1. The summed E-state index contributed by atoms with van der Waals surface area (Å²) in [7, 11) is 2.11. The number of unbranched alkanes of at least 4 members (excludes halogenated alkanes) is 1. The molecule has 1 aromatic heterocycles. The van der Waals surface area contributed by atoms with Crippen LogP contribution in [-0.2, 0) is 0 Å². The minimum Gasteiger partial charge on any atom is -0.352 e. The van der Waals surface area contributed by atoms with Crippen LogP contribution in [0.25, 0.3) is 0 Å². The molecule has 0 atom stereocenters. The number of rotatable bonds is 8. The number of hydrogen-bond acceptors (Lipinski definition) is 5. The van der Waals surface area contributed by atoms with Gasteiger partial charge in [0.2, 0.25) is 0 Å². The molecule has 0 bridgehead atoms. The first-order valence-electron chi connectivity index (χ1n) is 6.95. The Bertz CT molecular complexity index is 405. The first kappa shape index (κ1) is 16.4. The van der Waals surface area contributed by atoms with Gasteiger partial charge in [0.15, 0.2) is 0 Å². The topological polar surface area (TPSA) is 83.3 Å². The summed E-state index contributed by atoms with van der Waals surface area (Å²) < 4.78 is 0. The fraction of sp³-hybridized carbons (Fsp3) is 0.571. The van der Waals surface area contributed by atoms with Gasteiger partial charge in [0.25, 0.3) is 5.91 Å². The Hall–Kier alpha value is -1.66. The van der Waals surface area contributed by atoms with E-state index in [1.165, 1.54) is 6.20 Å². The summed E-state index contributed by atoms with van der Waals surface area (Å²) in [6, 6.07) is 3.93. The van der Waals surface area contributed by atoms with Crippen molar-refractivity contribution in [2.75, 3.05) is 25.6 Å². The van der Waals surface area contributed by atoms with E-state index in [0.29, 0.717) is 24.0 Å². The summed E-state index contributed by atoms with van der Waals surface area (Å²) in [5.41, 5.74) is 2.97. The van der Waals surface area contributed by atoms with Gasteiger partial charge in [0, 0.05) is 18.8 Å². The van der Waals surface area contributed by atoms with Crippen LogP contribution in [0.4, 0.5) is 5.82 Å². The molecule has 1 aromatic rings. The minimum absolute atomic E-state index is 0.0988. The standard InChI is InChI=1S/C14H25N5O/c1-11(2)19(3)9-5-4-8-16-14(20)12-6-7-13(18-15)17-10-12/h6-7,10-11H,4-5,8-9,15H2,1-3H3,(H,16,20)(H,17,18). The van der Waals surface area contributed by atoms with Crippen molar-refractivity contribution in [1.82, 2.24) is 15.2 Å². The Morgan fingerprint density at radius 2 is 2.15 bits per heavy atom. The summed E-state index contributed by atoms with van der Waals surface area (Å²) in [6.45, 7) is 6.08. The molecule has 20 heavy (non-hydrogen) atoms. The van der Waals surface area contributed by atoms with Crippen molar-refractivity contribution in [1.29, 1.82) is 0 Å². The Morgan fingerprint density at radius 3 is 2.70 bits per heavy atom. The number of amides is 1. The van der Waals surface area contributed by atoms with Gasteiger partial charge < -0.3 is 15.6 Å². The van der Waals surface area contributed by atoms with Gasteiger partial charge in [-0.15, -0.1) is 0 Å². The van der Waals surface area contributed by atoms with Crippen LogP contribution in [0, 0.1) is 0 Å². The van der Waals surface area contributed by atoms with Gasteiger partial charge in [-0.05, 0) is 52.4 Å². The third-order valence-corrected chi connectivity index (χ3v) is 3.28. The molecule has 112 valence electrons. The Labute approximate surface area is 120 Å². The lowest BCUT2D eigenvalue weighted by atomic mass is 10.2. The van der Waals surface area contributed by atoms with Crippen LogP contribution in [-0.4, -0.2) is 42.0 Å². The predicted octanol–water partition coefficient (Wildman–Crippen LogP) is 1.22. The normalized spacial score (nSPS) is 10.9. The Kier molecular flexibility index (Phi) is 6.97. The van der Waals surface area contributed by atoms with Gasteiger partial charge in [-0.3, -0.25) is 4.79 Å². The molecule has 6 nitrogen and oxygen atoms in total. The molecule has 0 aliphatic heterocycles. The van der Waals surface area contributed by atoms with Crippen LogP contribution in [0.2, 0.25) is 0 Å². The minimum atomic E-state index is -0.0988. The van der Waals surface area contributed by atoms with Crippen molar-refractivity contribution in [2.24, 2.45) is 5.84 Å². The SMILES string of the molecule is CC(C)N(C)CCCCNC(=O)c1ccc(NN)nc1. The number of nitrogens with zero attached hydrogens (tertiary/aromatic N) is 2. The average molecular weight is 279 g/mol. The van der Waals surface area contributed by atoms with Crippen LogP contribution in [0.1, 0.15) is 37.0 Å². The molecule has 0 fully saturated rings. The quantitative estimate of drug-likeness (QED) is 0.378. The summed E-state index contributed by atoms with van der Waals surface area (Å²) in [5, 5.41) is 2.89. The molecule has 4 N–H and O–H groups in total. The highest BCUT2D eigenvalue weighted by molar-refractivity contribution is 5.93. The highest BCUT2D eigenvalue weighted by Gasteiger charge is 2.06. The maximum absolute atomic E-state index is 11.8. The maximum atomic E-state index is 11.8. The molecule has 0 aromatic carbocycles. The van der Waals surface area contributed by atoms with Crippen LogP contribution in [0.3, 0.4) is 0 Å². The van der Waals surface area contributed by atoms with Crippen molar-refractivity contribution in [2.45, 2.75) is 32.7 Å². The first-order chi connectivity index (χ1) is 9.54. The molecule has 0 radical (unpaired) electrons. The summed E-state index contributed by atoms with van der Waals surface area (Å²) >= 11 is 0. The molecular weight excluding hydrogens is 254 g/mol. The maximum Gasteiger partial charge on any atom is 0.252 e. The molecule has 0 unspecified atom stereocenters. The number of nitrogen functional groups attached to an aromatic ring is 1. The van der Waals surface area contributed by atoms with Gasteiger partial charge in [-0.2, -0.15) is 0 Å². The third kappa shape index (κ3) is 5.54. The number of carbonyl (C=O) groups excluding carboxylic acids is 1. The van der Waals surface area contributed by atoms with Gasteiger partial charge in [0.1, 0.15) is 5.82 Å². The molecule has 6 heteroatoms. The lowest BCUT2D eigenvalue weighted by Gasteiger charge is -2.20. The van der Waals surface area contributed by atoms with Gasteiger partial charge in [-0.25, -0.2) is 10.8 Å². The Balaban J connectivity index is 2.22. The fourth-order valence-electron chi connectivity index (χ4n) is 1.66. The van der Waals surface area contributed by atoms with Crippen LogP contribution < -0.4 is 16.6 Å². The van der Waals surface area contributed by atoms with E-state index in [1.807, 2.05) is 0 Å². The molecule has 1 heterocycles. The number of pyridine rings is 1. The smallest absolute Gasteiger partial charge is 0.252 e. The van der Waals surface area contributed by atoms with Crippen LogP contribution in [0.5, 0.6) is 0 Å². The van der Waals surface area contributed by atoms with E-state index < -0.39 is 0 Å². The number of nitrogens with one attached hydrogen (secondary N) is 2. The molecule has 0 saturated heterocycles. The largest absolute Gasteiger partial charge is 0.352 e. The van der Waals surface area contributed by atoms with Crippen molar-refractivity contribution in [3.63, 3.8) is 0 Å². The van der Waals surface area contributed by atoms with Gasteiger partial charge in [-0.1, -0.05) is 0 Å². The van der Waals surface area contributed by atoms with Crippen molar-refractivity contribution in [3.8, 4) is 0 Å². The summed E-state index contributed by atoms with van der Waals surface area (Å²) in [5.74, 6) is 5.66. The second kappa shape index (κ2) is 8.50. The average Bonchev–Trinajstić information content (AvgIpc) is 2.46. The van der Waals surface area contributed by atoms with Crippen molar-refractivity contribution < 1.29 is 4.79 Å². The van der Waals surface area contributed by atoms with E-state index in [4.69, 9.17) is 5.84 Å². The monoisotopic (exact) mass is 279 g/mol. The third-order valence-electron chi connectivity index (χ3n) is 3.28. The zero-order valence-corrected chi connectivity index (χ0v) is 12.5. The van der Waals surface area contributed by atoms with Gasteiger partial charge >= 0.3 is 0 Å². The molecule has 0 spiro atoms. The zero-order valence-electron chi connectivity index (χ0n) is 12.5. The highest BCUT2D eigenvalue weighted by Crippen LogP contribution is 2.03. The lowest BCUT2D eigenvalue weighted by Crippen LogP contribution is -2.29. The summed E-state index contributed by atoms with van der Waals surface area (Å²) in [4.78, 5) is 18.1. The molecule has 0 saturated carbocycles. The number of hydrazine groups is 1. The first-order valence-corrected chi connectivity index (χ1v) is 6.95. The Morgan fingerprint density at radius 1 is 1.40 bits per heavy atom. The number of nitrogens with two attached hydrogens (primary N) is 1. The molecular formula is C14H25N5O. The number of anilines is 1. The van der Waals surface area contributed by atoms with Crippen molar-refractivity contribution >= 4 is 11.7 Å². The molecule has 0 aliphatic carbocycles. The van der Waals surface area contributed by atoms with E-state index >= 15 is 0 Å². The zero-order chi connectivity index (χ0) is 15.0. The van der Waals surface area contributed by atoms with E-state index in [9.17, 15) is 4.79 Å². The summed E-state index contributed by atoms with van der Waals surface area (Å²) in [6.07, 6.45) is 3.55. The lowest BCUT2D eigenvalue weighted by molar-refractivity contribution is 0.0952. The molecule has 1 amide bonds. The second-order valence-electron chi connectivity index (χ2n) is 5.11. The van der Waals surface area contributed by atoms with Crippen molar-refractivity contribution in [3.05, 3.63) is 23.9 Å². The van der Waals surface area contributed by atoms with Crippen LogP contribution in [0.15, 0.2) is 18.3 Å². The molecule has 0 aliphatic rings. The number of carbonyl (C=O) groups is 1. The van der Waals surface area contributed by atoms with E-state index in [0.717, 1.165) is 19.4 Å². The fourth-order valence-corrected chi connectivity index (χ4v) is 1.66. The van der Waals surface area contributed by atoms with Crippen LogP contribution >= 0.6 is 0 Å². The number of aromatic nitrogens is 1. The second-order valence-corrected chi connectivity index (χ2v) is 5.11. The van der Waals surface area contributed by atoms with E-state index in [2.05, 4.69) is 41.5 Å². The van der Waals surface area contributed by atoms with Gasteiger partial charge in [0.05, 0.1) is 5.56 Å². The number of hydrogen-bond donors (Lipinski definition) is 3. The van der Waals surface area contributed by atoms with E-state index in [1.54, 1.807) is 12.1 Å². The van der Waals surface area contributed by atoms with E-state index in [-0.39, 0.29) is 5.91 Å². The predicted molar refractivity (Wildman–Crippen MR) is 81.4 cm³/mol. The molecule has 1 rings (SSSR count).